The maximum atomic E-state index is 10.9. The Bertz CT molecular complexity index is 369. The molecule has 5 heteroatoms. The summed E-state index contributed by atoms with van der Waals surface area (Å²) >= 11 is 0. The lowest BCUT2D eigenvalue weighted by Crippen LogP contribution is -2.06. The Balaban J connectivity index is 3.20. The third kappa shape index (κ3) is 1.76. The molecule has 0 aliphatic heterocycles. The predicted octanol–water partition coefficient (Wildman–Crippen LogP) is 0.157. The maximum Gasteiger partial charge on any atom is 0.335 e. The molecule has 1 aromatic carbocycles. The molecule has 1 rings (SSSR count). The third-order valence-corrected chi connectivity index (χ3v) is 1.46. The van der Waals surface area contributed by atoms with Gasteiger partial charge in [0.2, 0.25) is 0 Å². The van der Waals surface area contributed by atoms with Gasteiger partial charge in [-0.2, -0.15) is 0 Å². The Labute approximate surface area is 72.9 Å². The van der Waals surface area contributed by atoms with E-state index in [4.69, 9.17) is 10.2 Å². The largest absolute Gasteiger partial charge is 0.872 e. The molecule has 0 bridgehead atoms. The topological polar surface area (TPSA) is 97.7 Å². The highest BCUT2D eigenvalue weighted by atomic mass is 16.4. The summed E-state index contributed by atoms with van der Waals surface area (Å²) in [7, 11) is 0. The van der Waals surface area contributed by atoms with E-state index in [0.717, 1.165) is 18.2 Å². The van der Waals surface area contributed by atoms with E-state index in [0.29, 0.717) is 0 Å². The second-order valence-electron chi connectivity index (χ2n) is 2.32. The minimum absolute atomic E-state index is 0.213. The van der Waals surface area contributed by atoms with E-state index in [1.54, 1.807) is 0 Å². The monoisotopic (exact) mass is 181 g/mol. The predicted molar refractivity (Wildman–Crippen MR) is 39.8 cm³/mol. The summed E-state index contributed by atoms with van der Waals surface area (Å²) in [6.45, 7) is 0. The van der Waals surface area contributed by atoms with Crippen LogP contribution in [0.25, 0.3) is 0 Å². The lowest BCUT2D eigenvalue weighted by Gasteiger charge is -2.09. The van der Waals surface area contributed by atoms with Gasteiger partial charge in [-0.15, -0.1) is 0 Å². The summed E-state index contributed by atoms with van der Waals surface area (Å²) < 4.78 is 0. The first-order valence-corrected chi connectivity index (χ1v) is 3.30. The van der Waals surface area contributed by atoms with E-state index >= 15 is 0 Å². The molecule has 0 aliphatic rings. The van der Waals surface area contributed by atoms with Crippen LogP contribution < -0.4 is 5.11 Å². The molecule has 0 spiro atoms. The van der Waals surface area contributed by atoms with Crippen molar-refractivity contribution in [3.63, 3.8) is 0 Å². The SMILES string of the molecule is O=C(O)c1ccc(C(=O)O)c([O-])c1. The lowest BCUT2D eigenvalue weighted by molar-refractivity contribution is -0.268. The average Bonchev–Trinajstić information content (AvgIpc) is 2.03. The van der Waals surface area contributed by atoms with Crippen LogP contribution in [0.2, 0.25) is 0 Å². The van der Waals surface area contributed by atoms with Gasteiger partial charge in [-0.25, -0.2) is 9.59 Å². The fourth-order valence-corrected chi connectivity index (χ4v) is 0.832. The van der Waals surface area contributed by atoms with Crippen LogP contribution in [0.5, 0.6) is 5.75 Å². The van der Waals surface area contributed by atoms with Crippen molar-refractivity contribution in [3.05, 3.63) is 29.3 Å². The molecule has 0 heterocycles. The second kappa shape index (κ2) is 3.14. The number of hydrogen-bond donors (Lipinski definition) is 2. The van der Waals surface area contributed by atoms with Gasteiger partial charge >= 0.3 is 11.9 Å². The number of rotatable bonds is 2. The molecule has 2 N–H and O–H groups in total. The van der Waals surface area contributed by atoms with E-state index in [2.05, 4.69) is 0 Å². The zero-order valence-corrected chi connectivity index (χ0v) is 6.35. The number of aromatic carboxylic acids is 2. The maximum absolute atomic E-state index is 10.9. The van der Waals surface area contributed by atoms with Gasteiger partial charge in [0, 0.05) is 0 Å². The van der Waals surface area contributed by atoms with Gasteiger partial charge in [0.1, 0.15) is 0 Å². The van der Waals surface area contributed by atoms with Gasteiger partial charge in [-0.05, 0) is 12.1 Å². The van der Waals surface area contributed by atoms with Crippen LogP contribution in [-0.2, 0) is 0 Å². The first-order valence-electron chi connectivity index (χ1n) is 3.30. The van der Waals surface area contributed by atoms with Gasteiger partial charge in [-0.1, -0.05) is 11.8 Å². The Hall–Kier alpha value is -2.04. The normalized spacial score (nSPS) is 9.54. The first kappa shape index (κ1) is 9.05. The molecule has 0 fully saturated rings. The van der Waals surface area contributed by atoms with Crippen molar-refractivity contribution in [3.8, 4) is 5.75 Å². The number of carboxylic acid groups (broad SMARTS) is 2. The minimum Gasteiger partial charge on any atom is -0.872 e. The molecular weight excluding hydrogens is 176 g/mol. The zero-order valence-electron chi connectivity index (χ0n) is 6.35. The Morgan fingerprint density at radius 3 is 2.15 bits per heavy atom. The van der Waals surface area contributed by atoms with Crippen LogP contribution in [0.3, 0.4) is 0 Å². The quantitative estimate of drug-likeness (QED) is 0.677. The standard InChI is InChI=1S/C8H6O5/c9-6-3-4(7(10)11)1-2-5(6)8(12)13/h1-3,9H,(H,10,11)(H,12,13)/p-1. The molecular formula is C8H5O5-. The molecule has 0 radical (unpaired) electrons. The summed E-state index contributed by atoms with van der Waals surface area (Å²) in [5.41, 5.74) is -0.639. The fourth-order valence-electron chi connectivity index (χ4n) is 0.832. The Morgan fingerprint density at radius 2 is 1.77 bits per heavy atom. The van der Waals surface area contributed by atoms with Crippen LogP contribution in [0.15, 0.2) is 18.2 Å². The van der Waals surface area contributed by atoms with E-state index in [1.165, 1.54) is 0 Å². The number of hydrogen-bond acceptors (Lipinski definition) is 3. The van der Waals surface area contributed by atoms with Crippen molar-refractivity contribution in [1.29, 1.82) is 0 Å². The van der Waals surface area contributed by atoms with Crippen molar-refractivity contribution in [2.45, 2.75) is 0 Å². The summed E-state index contributed by atoms with van der Waals surface area (Å²) in [4.78, 5) is 20.7. The van der Waals surface area contributed by atoms with Crippen LogP contribution in [0, 0.1) is 0 Å². The lowest BCUT2D eigenvalue weighted by atomic mass is 10.1. The Morgan fingerprint density at radius 1 is 1.15 bits per heavy atom. The van der Waals surface area contributed by atoms with Crippen molar-refractivity contribution >= 4 is 11.9 Å². The van der Waals surface area contributed by atoms with Crippen molar-refractivity contribution < 1.29 is 24.9 Å². The smallest absolute Gasteiger partial charge is 0.335 e. The zero-order chi connectivity index (χ0) is 10.0. The van der Waals surface area contributed by atoms with Crippen LogP contribution in [0.1, 0.15) is 20.7 Å². The van der Waals surface area contributed by atoms with Crippen LogP contribution in [-0.4, -0.2) is 22.2 Å². The highest BCUT2D eigenvalue weighted by Crippen LogP contribution is 2.15. The van der Waals surface area contributed by atoms with E-state index in [1.807, 2.05) is 0 Å². The van der Waals surface area contributed by atoms with Crippen molar-refractivity contribution in [2.24, 2.45) is 0 Å². The molecule has 0 atom stereocenters. The molecule has 13 heavy (non-hydrogen) atoms. The van der Waals surface area contributed by atoms with Crippen molar-refractivity contribution in [2.75, 3.05) is 0 Å². The number of benzene rings is 1. The Kier molecular flexibility index (Phi) is 2.19. The molecule has 1 aromatic rings. The molecule has 0 amide bonds. The molecule has 0 saturated carbocycles. The van der Waals surface area contributed by atoms with Gasteiger partial charge < -0.3 is 15.3 Å². The highest BCUT2D eigenvalue weighted by molar-refractivity contribution is 5.94. The van der Waals surface area contributed by atoms with E-state index < -0.39 is 23.3 Å². The van der Waals surface area contributed by atoms with E-state index in [9.17, 15) is 14.7 Å². The minimum atomic E-state index is -1.36. The summed E-state index contributed by atoms with van der Waals surface area (Å²) in [5, 5.41) is 27.8. The third-order valence-electron chi connectivity index (χ3n) is 1.46. The molecule has 5 nitrogen and oxygen atoms in total. The second-order valence-corrected chi connectivity index (χ2v) is 2.32. The molecule has 0 saturated heterocycles. The number of carboxylic acids is 2. The molecule has 68 valence electrons. The van der Waals surface area contributed by atoms with Crippen LogP contribution >= 0.6 is 0 Å². The summed E-state index contributed by atoms with van der Waals surface area (Å²) in [5.74, 6) is -3.41. The van der Waals surface area contributed by atoms with Crippen molar-refractivity contribution in [1.82, 2.24) is 0 Å². The van der Waals surface area contributed by atoms with Gasteiger partial charge in [0.15, 0.2) is 0 Å². The molecule has 0 aromatic heterocycles. The van der Waals surface area contributed by atoms with E-state index in [-0.39, 0.29) is 5.56 Å². The van der Waals surface area contributed by atoms with Gasteiger partial charge in [-0.3, -0.25) is 0 Å². The van der Waals surface area contributed by atoms with Gasteiger partial charge in [0.05, 0.1) is 11.1 Å². The fraction of sp³-hybridized carbons (Fsp3) is 0. The molecule has 0 unspecified atom stereocenters. The first-order chi connectivity index (χ1) is 6.02. The average molecular weight is 181 g/mol. The van der Waals surface area contributed by atoms with Gasteiger partial charge in [0.25, 0.3) is 0 Å². The number of carbonyl (C=O) groups is 2. The summed E-state index contributed by atoms with van der Waals surface area (Å²) in [6.07, 6.45) is 0. The van der Waals surface area contributed by atoms with Crippen LogP contribution in [0.4, 0.5) is 0 Å². The molecule has 0 aliphatic carbocycles. The summed E-state index contributed by atoms with van der Waals surface area (Å²) in [6, 6.07) is 2.84. The highest BCUT2D eigenvalue weighted by Gasteiger charge is 2.07.